The Morgan fingerprint density at radius 2 is 1.70 bits per heavy atom. The third kappa shape index (κ3) is 4.19. The average molecular weight is 373 g/mol. The summed E-state index contributed by atoms with van der Waals surface area (Å²) in [5.41, 5.74) is 2.24. The Kier molecular flexibility index (Phi) is 4.89. The summed E-state index contributed by atoms with van der Waals surface area (Å²) in [7, 11) is 0. The molecule has 0 atom stereocenters. The van der Waals surface area contributed by atoms with Crippen molar-refractivity contribution in [3.63, 3.8) is 0 Å². The number of nitrogens with one attached hydrogen (secondary N) is 1. The molecule has 4 aromatic rings. The number of rotatable bonds is 5. The summed E-state index contributed by atoms with van der Waals surface area (Å²) in [5, 5.41) is 5.26. The van der Waals surface area contributed by atoms with Gasteiger partial charge in [-0.15, -0.1) is 11.3 Å². The van der Waals surface area contributed by atoms with Crippen LogP contribution in [0.1, 0.15) is 10.4 Å². The maximum Gasteiger partial charge on any atom is 0.257 e. The fourth-order valence-electron chi connectivity index (χ4n) is 2.45. The molecule has 27 heavy (non-hydrogen) atoms. The SMILES string of the molecule is O=C(Nc1nc(-c2cccnc2)cs1)c1ccc(Oc2ccccc2)cc1. The fourth-order valence-corrected chi connectivity index (χ4v) is 3.16. The molecule has 5 nitrogen and oxygen atoms in total. The maximum atomic E-state index is 12.4. The maximum absolute atomic E-state index is 12.4. The predicted molar refractivity (Wildman–Crippen MR) is 106 cm³/mol. The first-order valence-corrected chi connectivity index (χ1v) is 9.16. The van der Waals surface area contributed by atoms with Crippen LogP contribution in [0.3, 0.4) is 0 Å². The zero-order chi connectivity index (χ0) is 18.5. The van der Waals surface area contributed by atoms with Gasteiger partial charge in [0.05, 0.1) is 5.69 Å². The molecule has 2 heterocycles. The lowest BCUT2D eigenvalue weighted by Crippen LogP contribution is -2.11. The number of carbonyl (C=O) groups excluding carboxylic acids is 1. The molecule has 1 N–H and O–H groups in total. The van der Waals surface area contributed by atoms with Crippen molar-refractivity contribution in [2.45, 2.75) is 0 Å². The number of amides is 1. The first-order valence-electron chi connectivity index (χ1n) is 8.28. The summed E-state index contributed by atoms with van der Waals surface area (Å²) < 4.78 is 5.74. The van der Waals surface area contributed by atoms with E-state index >= 15 is 0 Å². The Balaban J connectivity index is 1.42. The Labute approximate surface area is 160 Å². The van der Waals surface area contributed by atoms with Crippen molar-refractivity contribution in [1.82, 2.24) is 9.97 Å². The Morgan fingerprint density at radius 3 is 2.44 bits per heavy atom. The number of hydrogen-bond donors (Lipinski definition) is 1. The Bertz CT molecular complexity index is 1030. The van der Waals surface area contributed by atoms with Gasteiger partial charge in [0.1, 0.15) is 11.5 Å². The van der Waals surface area contributed by atoms with Crippen molar-refractivity contribution >= 4 is 22.4 Å². The van der Waals surface area contributed by atoms with Crippen LogP contribution in [0, 0.1) is 0 Å². The van der Waals surface area contributed by atoms with Gasteiger partial charge >= 0.3 is 0 Å². The van der Waals surface area contributed by atoms with E-state index in [0.717, 1.165) is 17.0 Å². The van der Waals surface area contributed by atoms with Gasteiger partial charge in [-0.25, -0.2) is 4.98 Å². The summed E-state index contributed by atoms with van der Waals surface area (Å²) in [5.74, 6) is 1.21. The molecule has 6 heteroatoms. The van der Waals surface area contributed by atoms with Crippen molar-refractivity contribution < 1.29 is 9.53 Å². The van der Waals surface area contributed by atoms with Crippen molar-refractivity contribution in [3.8, 4) is 22.8 Å². The average Bonchev–Trinajstić information content (AvgIpc) is 3.18. The van der Waals surface area contributed by atoms with Gasteiger partial charge in [-0.3, -0.25) is 15.1 Å². The predicted octanol–water partition coefficient (Wildman–Crippen LogP) is 5.25. The molecule has 0 spiro atoms. The quantitative estimate of drug-likeness (QED) is 0.519. The highest BCUT2D eigenvalue weighted by molar-refractivity contribution is 7.14. The standard InChI is InChI=1S/C21H15N3O2S/c25-20(24-21-23-19(14-27-21)16-5-4-12-22-13-16)15-8-10-18(11-9-15)26-17-6-2-1-3-7-17/h1-14H,(H,23,24,25). The molecule has 0 unspecified atom stereocenters. The van der Waals surface area contributed by atoms with Crippen LogP contribution in [0.25, 0.3) is 11.3 Å². The molecule has 0 aliphatic carbocycles. The number of benzene rings is 2. The van der Waals surface area contributed by atoms with Crippen LogP contribution >= 0.6 is 11.3 Å². The Morgan fingerprint density at radius 1 is 0.926 bits per heavy atom. The number of para-hydroxylation sites is 1. The number of ether oxygens (including phenoxy) is 1. The third-order valence-corrected chi connectivity index (χ3v) is 4.54. The molecule has 0 fully saturated rings. The highest BCUT2D eigenvalue weighted by Crippen LogP contribution is 2.25. The van der Waals surface area contributed by atoms with Crippen molar-refractivity contribution in [1.29, 1.82) is 0 Å². The molecule has 132 valence electrons. The normalized spacial score (nSPS) is 10.4. The lowest BCUT2D eigenvalue weighted by molar-refractivity contribution is 0.102. The largest absolute Gasteiger partial charge is 0.457 e. The second-order valence-corrected chi connectivity index (χ2v) is 6.53. The molecule has 0 bridgehead atoms. The summed E-state index contributed by atoms with van der Waals surface area (Å²) in [6.45, 7) is 0. The third-order valence-electron chi connectivity index (χ3n) is 3.78. The van der Waals surface area contributed by atoms with Gasteiger partial charge in [-0.05, 0) is 48.5 Å². The second-order valence-electron chi connectivity index (χ2n) is 5.67. The number of hydrogen-bond acceptors (Lipinski definition) is 5. The molecular formula is C21H15N3O2S. The molecule has 2 aromatic heterocycles. The van der Waals surface area contributed by atoms with Gasteiger partial charge in [0, 0.05) is 28.9 Å². The van der Waals surface area contributed by atoms with Gasteiger partial charge in [0.2, 0.25) is 0 Å². The first kappa shape index (κ1) is 16.9. The molecule has 0 saturated heterocycles. The van der Waals surface area contributed by atoms with Crippen molar-refractivity contribution in [3.05, 3.63) is 90.1 Å². The van der Waals surface area contributed by atoms with E-state index in [1.807, 2.05) is 47.8 Å². The van der Waals surface area contributed by atoms with Gasteiger partial charge in [-0.1, -0.05) is 18.2 Å². The van der Waals surface area contributed by atoms with Gasteiger partial charge < -0.3 is 4.74 Å². The molecule has 0 saturated carbocycles. The summed E-state index contributed by atoms with van der Waals surface area (Å²) in [4.78, 5) is 21.0. The van der Waals surface area contributed by atoms with Crippen molar-refractivity contribution in [2.24, 2.45) is 0 Å². The lowest BCUT2D eigenvalue weighted by atomic mass is 10.2. The van der Waals surface area contributed by atoms with Crippen LogP contribution in [0.4, 0.5) is 5.13 Å². The van der Waals surface area contributed by atoms with Crippen LogP contribution in [0.5, 0.6) is 11.5 Å². The lowest BCUT2D eigenvalue weighted by Gasteiger charge is -2.06. The van der Waals surface area contributed by atoms with Crippen LogP contribution in [0.15, 0.2) is 84.5 Å². The minimum Gasteiger partial charge on any atom is -0.457 e. The fraction of sp³-hybridized carbons (Fsp3) is 0. The summed E-state index contributed by atoms with van der Waals surface area (Å²) >= 11 is 1.38. The van der Waals surface area contributed by atoms with Crippen LogP contribution in [-0.2, 0) is 0 Å². The van der Waals surface area contributed by atoms with E-state index in [-0.39, 0.29) is 5.91 Å². The van der Waals surface area contributed by atoms with Crippen LogP contribution in [-0.4, -0.2) is 15.9 Å². The smallest absolute Gasteiger partial charge is 0.257 e. The van der Waals surface area contributed by atoms with E-state index in [0.29, 0.717) is 16.4 Å². The van der Waals surface area contributed by atoms with E-state index in [2.05, 4.69) is 15.3 Å². The molecule has 4 rings (SSSR count). The molecule has 2 aromatic carbocycles. The monoisotopic (exact) mass is 373 g/mol. The Hall–Kier alpha value is -3.51. The first-order chi connectivity index (χ1) is 13.3. The number of anilines is 1. The minimum atomic E-state index is -0.214. The van der Waals surface area contributed by atoms with Crippen molar-refractivity contribution in [2.75, 3.05) is 5.32 Å². The molecule has 1 amide bonds. The molecule has 0 radical (unpaired) electrons. The number of pyridine rings is 1. The van der Waals surface area contributed by atoms with Crippen LogP contribution < -0.4 is 10.1 Å². The van der Waals surface area contributed by atoms with E-state index in [4.69, 9.17) is 4.74 Å². The number of thiazole rings is 1. The van der Waals surface area contributed by atoms with Gasteiger partial charge in [0.25, 0.3) is 5.91 Å². The highest BCUT2D eigenvalue weighted by atomic mass is 32.1. The zero-order valence-corrected chi connectivity index (χ0v) is 15.0. The molecular weight excluding hydrogens is 358 g/mol. The van der Waals surface area contributed by atoms with Gasteiger partial charge in [0.15, 0.2) is 5.13 Å². The topological polar surface area (TPSA) is 64.1 Å². The van der Waals surface area contributed by atoms with E-state index in [9.17, 15) is 4.79 Å². The second kappa shape index (κ2) is 7.80. The number of carbonyl (C=O) groups is 1. The molecule has 0 aliphatic heterocycles. The van der Waals surface area contributed by atoms with E-state index in [1.165, 1.54) is 11.3 Å². The van der Waals surface area contributed by atoms with E-state index in [1.54, 1.807) is 36.7 Å². The molecule has 0 aliphatic rings. The summed E-state index contributed by atoms with van der Waals surface area (Å²) in [6, 6.07) is 20.3. The number of nitrogens with zero attached hydrogens (tertiary/aromatic N) is 2. The van der Waals surface area contributed by atoms with Crippen LogP contribution in [0.2, 0.25) is 0 Å². The number of aromatic nitrogens is 2. The van der Waals surface area contributed by atoms with Gasteiger partial charge in [-0.2, -0.15) is 0 Å². The minimum absolute atomic E-state index is 0.214. The highest BCUT2D eigenvalue weighted by Gasteiger charge is 2.10. The van der Waals surface area contributed by atoms with E-state index < -0.39 is 0 Å². The summed E-state index contributed by atoms with van der Waals surface area (Å²) in [6.07, 6.45) is 3.45. The zero-order valence-electron chi connectivity index (χ0n) is 14.2.